The molecule has 12 heteroatoms. The molecule has 1 fully saturated rings. The van der Waals surface area contributed by atoms with Crippen molar-refractivity contribution in [3.05, 3.63) is 30.0 Å². The molecule has 234 valence electrons. The quantitative estimate of drug-likeness (QED) is 0.249. The minimum atomic E-state index is -4.44. The monoisotopic (exact) mass is 596 g/mol. The van der Waals surface area contributed by atoms with Crippen LogP contribution in [0.2, 0.25) is 0 Å². The van der Waals surface area contributed by atoms with Crippen molar-refractivity contribution < 1.29 is 37.3 Å². The molecule has 1 aromatic heterocycles. The van der Waals surface area contributed by atoms with Gasteiger partial charge in [0.25, 0.3) is 0 Å². The predicted molar refractivity (Wildman–Crippen MR) is 155 cm³/mol. The maximum atomic E-state index is 13.6. The third-order valence-electron chi connectivity index (χ3n) is 6.74. The zero-order valence-electron chi connectivity index (χ0n) is 24.9. The molecular weight excluding hydrogens is 553 g/mol. The van der Waals surface area contributed by atoms with Crippen LogP contribution in [0, 0.1) is 17.8 Å². The number of ether oxygens (including phenoxy) is 3. The van der Waals surface area contributed by atoms with Gasteiger partial charge in [0.15, 0.2) is 0 Å². The fraction of sp³-hybridized carbons (Fsp3) is 0.633. The van der Waals surface area contributed by atoms with Crippen molar-refractivity contribution in [1.82, 2.24) is 14.8 Å². The number of amides is 1. The van der Waals surface area contributed by atoms with E-state index in [9.17, 15) is 18.0 Å². The molecule has 9 nitrogen and oxygen atoms in total. The van der Waals surface area contributed by atoms with Crippen molar-refractivity contribution in [3.63, 3.8) is 0 Å². The van der Waals surface area contributed by atoms with E-state index in [4.69, 9.17) is 19.3 Å². The maximum Gasteiger partial charge on any atom is 0.408 e. The van der Waals surface area contributed by atoms with E-state index >= 15 is 0 Å². The minimum absolute atomic E-state index is 0.0204. The number of aliphatic hydroxyl groups excluding tert-OH is 1. The van der Waals surface area contributed by atoms with Gasteiger partial charge in [0.2, 0.25) is 0 Å². The largest absolute Gasteiger partial charge is 0.444 e. The highest BCUT2D eigenvalue weighted by Crippen LogP contribution is 2.32. The van der Waals surface area contributed by atoms with E-state index < -0.39 is 24.4 Å². The Labute approximate surface area is 245 Å². The van der Waals surface area contributed by atoms with Gasteiger partial charge in [-0.1, -0.05) is 12.0 Å². The number of aliphatic hydroxyl groups is 1. The standard InChI is InChI=1S/C30H43F3N4O5/c1-29(2,3)42-28(39)34-12-6-7-23-19-24-26(8-5-9-27(24)37(23)21-30(31,32)33)35-25-10-13-36(4)20-22(25)11-15-40-17-18-41-16-14-38/h5,8-9,19,22,25,35,38H,10-18,20-21H2,1-4H3,(H,34,39)/t22-,25+/m0/s1. The molecule has 3 N–H and O–H groups in total. The minimum Gasteiger partial charge on any atom is -0.444 e. The average molecular weight is 597 g/mol. The molecule has 2 aromatic rings. The Kier molecular flexibility index (Phi) is 12.4. The van der Waals surface area contributed by atoms with Gasteiger partial charge in [0.05, 0.1) is 44.2 Å². The Balaban J connectivity index is 1.77. The summed E-state index contributed by atoms with van der Waals surface area (Å²) in [6.45, 7) is 7.42. The topological polar surface area (TPSA) is 97.2 Å². The number of hydrogen-bond donors (Lipinski definition) is 3. The Morgan fingerprint density at radius 1 is 1.14 bits per heavy atom. The van der Waals surface area contributed by atoms with Crippen LogP contribution in [0.15, 0.2) is 24.3 Å². The number of halogens is 3. The Morgan fingerprint density at radius 3 is 2.57 bits per heavy atom. The lowest BCUT2D eigenvalue weighted by Gasteiger charge is -2.38. The lowest BCUT2D eigenvalue weighted by atomic mass is 9.89. The number of carbonyl (C=O) groups excluding carboxylic acids is 1. The van der Waals surface area contributed by atoms with Crippen molar-refractivity contribution in [1.29, 1.82) is 0 Å². The molecule has 0 radical (unpaired) electrons. The normalized spacial score (nSPS) is 18.0. The second-order valence-corrected chi connectivity index (χ2v) is 11.4. The van der Waals surface area contributed by atoms with Crippen molar-refractivity contribution in [2.75, 3.05) is 65.0 Å². The first-order valence-electron chi connectivity index (χ1n) is 14.2. The molecule has 42 heavy (non-hydrogen) atoms. The summed E-state index contributed by atoms with van der Waals surface area (Å²) >= 11 is 0. The number of carbonyl (C=O) groups is 1. The molecule has 1 saturated heterocycles. The first-order valence-corrected chi connectivity index (χ1v) is 14.2. The van der Waals surface area contributed by atoms with Crippen LogP contribution in [0.1, 0.15) is 39.3 Å². The molecular formula is C30H43F3N4O5. The van der Waals surface area contributed by atoms with Crippen LogP contribution in [0.5, 0.6) is 0 Å². The Hall–Kier alpha value is -2.98. The molecule has 2 atom stereocenters. The van der Waals surface area contributed by atoms with Crippen LogP contribution in [-0.2, 0) is 20.8 Å². The van der Waals surface area contributed by atoms with Crippen LogP contribution >= 0.6 is 0 Å². The van der Waals surface area contributed by atoms with Gasteiger partial charge in [0.1, 0.15) is 12.1 Å². The number of alkyl halides is 3. The van der Waals surface area contributed by atoms with Gasteiger partial charge < -0.3 is 39.4 Å². The number of benzene rings is 1. The summed E-state index contributed by atoms with van der Waals surface area (Å²) in [6, 6.07) is 7.07. The number of rotatable bonds is 12. The van der Waals surface area contributed by atoms with E-state index in [0.717, 1.165) is 31.6 Å². The van der Waals surface area contributed by atoms with Gasteiger partial charge in [-0.25, -0.2) is 4.79 Å². The lowest BCUT2D eigenvalue weighted by Crippen LogP contribution is -2.45. The molecule has 1 amide bonds. The molecule has 3 rings (SSSR count). The summed E-state index contributed by atoms with van der Waals surface area (Å²) in [5.74, 6) is 5.83. The average Bonchev–Trinajstić information content (AvgIpc) is 3.23. The highest BCUT2D eigenvalue weighted by Gasteiger charge is 2.31. The number of nitrogens with one attached hydrogen (secondary N) is 2. The Morgan fingerprint density at radius 2 is 1.88 bits per heavy atom. The summed E-state index contributed by atoms with van der Waals surface area (Å²) in [4.78, 5) is 14.2. The van der Waals surface area contributed by atoms with Crippen LogP contribution in [0.4, 0.5) is 23.7 Å². The zero-order chi connectivity index (χ0) is 30.8. The highest BCUT2D eigenvalue weighted by molar-refractivity contribution is 5.94. The molecule has 0 bridgehead atoms. The number of alkyl carbamates (subject to hydrolysis) is 1. The SMILES string of the molecule is CN1CC[C@@H](Nc2cccc3c2cc(C#CCNC(=O)OC(C)(C)C)n3CC(F)(F)F)[C@@H](CCOCCOCCO)C1. The number of anilines is 1. The van der Waals surface area contributed by atoms with E-state index in [-0.39, 0.29) is 37.4 Å². The molecule has 0 aliphatic carbocycles. The molecule has 0 saturated carbocycles. The third kappa shape index (κ3) is 11.0. The van der Waals surface area contributed by atoms with Crippen molar-refractivity contribution in [2.45, 2.75) is 58.0 Å². The summed E-state index contributed by atoms with van der Waals surface area (Å²) < 4.78 is 58.0. The van der Waals surface area contributed by atoms with Crippen molar-refractivity contribution in [3.8, 4) is 11.8 Å². The second kappa shape index (κ2) is 15.5. The molecule has 2 heterocycles. The fourth-order valence-electron chi connectivity index (χ4n) is 4.95. The first kappa shape index (κ1) is 33.5. The van der Waals surface area contributed by atoms with Crippen LogP contribution < -0.4 is 10.6 Å². The van der Waals surface area contributed by atoms with Gasteiger partial charge in [-0.05, 0) is 77.2 Å². The number of aromatic nitrogens is 1. The van der Waals surface area contributed by atoms with Crippen molar-refractivity contribution >= 4 is 22.7 Å². The summed E-state index contributed by atoms with van der Waals surface area (Å²) in [7, 11) is 2.08. The van der Waals surface area contributed by atoms with Gasteiger partial charge >= 0.3 is 12.3 Å². The number of likely N-dealkylation sites (tertiary alicyclic amines) is 1. The van der Waals surface area contributed by atoms with Crippen molar-refractivity contribution in [2.24, 2.45) is 5.92 Å². The number of hydrogen-bond acceptors (Lipinski definition) is 7. The van der Waals surface area contributed by atoms with E-state index in [1.165, 1.54) is 4.57 Å². The van der Waals surface area contributed by atoms with Crippen LogP contribution in [0.3, 0.4) is 0 Å². The molecule has 1 aromatic carbocycles. The van der Waals surface area contributed by atoms with Gasteiger partial charge in [-0.3, -0.25) is 0 Å². The summed E-state index contributed by atoms with van der Waals surface area (Å²) in [5, 5.41) is 15.6. The number of nitrogens with zero attached hydrogens (tertiary/aromatic N) is 2. The predicted octanol–water partition coefficient (Wildman–Crippen LogP) is 4.23. The van der Waals surface area contributed by atoms with Crippen LogP contribution in [-0.4, -0.2) is 98.2 Å². The van der Waals surface area contributed by atoms with E-state index in [2.05, 4.69) is 34.4 Å². The molecule has 0 unspecified atom stereocenters. The van der Waals surface area contributed by atoms with Gasteiger partial charge in [-0.15, -0.1) is 0 Å². The third-order valence-corrected chi connectivity index (χ3v) is 6.74. The van der Waals surface area contributed by atoms with Crippen LogP contribution in [0.25, 0.3) is 10.9 Å². The molecule has 1 aliphatic heterocycles. The zero-order valence-corrected chi connectivity index (χ0v) is 24.9. The number of piperidine rings is 1. The molecule has 1 aliphatic rings. The maximum absolute atomic E-state index is 13.6. The first-order chi connectivity index (χ1) is 19.9. The van der Waals surface area contributed by atoms with E-state index in [1.54, 1.807) is 39.0 Å². The summed E-state index contributed by atoms with van der Waals surface area (Å²) in [6.07, 6.45) is -3.40. The van der Waals surface area contributed by atoms with Gasteiger partial charge in [0, 0.05) is 30.3 Å². The smallest absolute Gasteiger partial charge is 0.408 e. The van der Waals surface area contributed by atoms with E-state index in [0.29, 0.717) is 30.7 Å². The molecule has 0 spiro atoms. The fourth-order valence-corrected chi connectivity index (χ4v) is 4.95. The Bertz CT molecular complexity index is 1220. The lowest BCUT2D eigenvalue weighted by molar-refractivity contribution is -0.140. The second-order valence-electron chi connectivity index (χ2n) is 11.4. The van der Waals surface area contributed by atoms with Gasteiger partial charge in [-0.2, -0.15) is 13.2 Å². The highest BCUT2D eigenvalue weighted by atomic mass is 19.4. The number of fused-ring (bicyclic) bond motifs is 1. The van der Waals surface area contributed by atoms with E-state index in [1.807, 2.05) is 6.07 Å². The summed E-state index contributed by atoms with van der Waals surface area (Å²) in [5.41, 5.74) is 0.716.